The molecule has 1 fully saturated rings. The van der Waals surface area contributed by atoms with E-state index in [1.54, 1.807) is 19.2 Å². The van der Waals surface area contributed by atoms with Crippen molar-refractivity contribution in [2.24, 2.45) is 4.99 Å². The molecule has 2 rings (SSSR count). The molecule has 1 aliphatic rings. The first-order valence-electron chi connectivity index (χ1n) is 9.56. The molecule has 0 saturated heterocycles. The van der Waals surface area contributed by atoms with E-state index in [1.807, 2.05) is 6.07 Å². The Hall–Kier alpha value is -0.890. The molecule has 0 bridgehead atoms. The second kappa shape index (κ2) is 11.7. The third-order valence-electron chi connectivity index (χ3n) is 5.20. The summed E-state index contributed by atoms with van der Waals surface area (Å²) in [7, 11) is 1.80. The highest BCUT2D eigenvalue weighted by Crippen LogP contribution is 2.47. The van der Waals surface area contributed by atoms with Gasteiger partial charge in [0.2, 0.25) is 0 Å². The maximum atomic E-state index is 13.5. The number of nitrogens with one attached hydrogen (secondary N) is 2. The average Bonchev–Trinajstić information content (AvgIpc) is 3.42. The standard InChI is InChI=1S/C20H33FN4.HI/c1-4-25(5-2)14-7-6-13-23-19(22-3)24-16-20(11-12-20)17-9-8-10-18(21)15-17;/h8-10,15H,4-7,11-14,16H2,1-3H3,(H2,22,23,24);1H. The van der Waals surface area contributed by atoms with Crippen molar-refractivity contribution in [3.05, 3.63) is 35.6 Å². The number of rotatable bonds is 10. The summed E-state index contributed by atoms with van der Waals surface area (Å²) < 4.78 is 13.5. The summed E-state index contributed by atoms with van der Waals surface area (Å²) in [5.41, 5.74) is 1.16. The largest absolute Gasteiger partial charge is 0.356 e. The Labute approximate surface area is 175 Å². The second-order valence-electron chi connectivity index (χ2n) is 6.88. The van der Waals surface area contributed by atoms with Gasteiger partial charge in [0.05, 0.1) is 0 Å². The molecule has 2 N–H and O–H groups in total. The predicted molar refractivity (Wildman–Crippen MR) is 119 cm³/mol. The minimum Gasteiger partial charge on any atom is -0.356 e. The van der Waals surface area contributed by atoms with Crippen LogP contribution in [0.5, 0.6) is 0 Å². The Bertz CT molecular complexity index is 556. The fourth-order valence-corrected chi connectivity index (χ4v) is 3.22. The van der Waals surface area contributed by atoms with E-state index in [2.05, 4.69) is 34.4 Å². The van der Waals surface area contributed by atoms with Crippen molar-refractivity contribution in [1.29, 1.82) is 0 Å². The van der Waals surface area contributed by atoms with Crippen LogP contribution in [0.2, 0.25) is 0 Å². The third kappa shape index (κ3) is 7.02. The van der Waals surface area contributed by atoms with E-state index in [9.17, 15) is 4.39 Å². The van der Waals surface area contributed by atoms with Gasteiger partial charge in [0.25, 0.3) is 0 Å². The maximum Gasteiger partial charge on any atom is 0.191 e. The number of halogens is 2. The van der Waals surface area contributed by atoms with Crippen molar-refractivity contribution in [1.82, 2.24) is 15.5 Å². The van der Waals surface area contributed by atoms with Gasteiger partial charge in [-0.1, -0.05) is 26.0 Å². The van der Waals surface area contributed by atoms with Gasteiger partial charge < -0.3 is 15.5 Å². The number of aliphatic imine (C=N–C) groups is 1. The van der Waals surface area contributed by atoms with Crippen molar-refractivity contribution < 1.29 is 4.39 Å². The first-order valence-corrected chi connectivity index (χ1v) is 9.56. The number of nitrogens with zero attached hydrogens (tertiary/aromatic N) is 2. The number of hydrogen-bond acceptors (Lipinski definition) is 2. The molecule has 0 heterocycles. The Balaban J connectivity index is 0.00000338. The summed E-state index contributed by atoms with van der Waals surface area (Å²) >= 11 is 0. The zero-order valence-corrected chi connectivity index (χ0v) is 18.7. The molecule has 0 radical (unpaired) electrons. The van der Waals surface area contributed by atoms with E-state index in [0.29, 0.717) is 0 Å². The molecule has 1 aromatic carbocycles. The molecule has 1 aromatic rings. The van der Waals surface area contributed by atoms with Gasteiger partial charge in [-0.3, -0.25) is 4.99 Å². The van der Waals surface area contributed by atoms with E-state index in [-0.39, 0.29) is 35.2 Å². The van der Waals surface area contributed by atoms with Gasteiger partial charge >= 0.3 is 0 Å². The SMILES string of the molecule is CCN(CC)CCCCNC(=NC)NCC1(c2cccc(F)c2)CC1.I. The molecule has 0 atom stereocenters. The number of hydrogen-bond donors (Lipinski definition) is 2. The second-order valence-corrected chi connectivity index (χ2v) is 6.88. The van der Waals surface area contributed by atoms with E-state index in [4.69, 9.17) is 0 Å². The molecule has 0 spiro atoms. The van der Waals surface area contributed by atoms with Crippen LogP contribution >= 0.6 is 24.0 Å². The summed E-state index contributed by atoms with van der Waals surface area (Å²) in [5, 5.41) is 6.81. The zero-order valence-electron chi connectivity index (χ0n) is 16.4. The lowest BCUT2D eigenvalue weighted by molar-refractivity contribution is 0.297. The van der Waals surface area contributed by atoms with E-state index < -0.39 is 0 Å². The third-order valence-corrected chi connectivity index (χ3v) is 5.20. The smallest absolute Gasteiger partial charge is 0.191 e. The molecule has 0 aromatic heterocycles. The van der Waals surface area contributed by atoms with Gasteiger partial charge in [0.1, 0.15) is 5.82 Å². The van der Waals surface area contributed by atoms with Crippen molar-refractivity contribution in [2.75, 3.05) is 39.8 Å². The Morgan fingerprint density at radius 1 is 1.19 bits per heavy atom. The fourth-order valence-electron chi connectivity index (χ4n) is 3.22. The minimum atomic E-state index is -0.153. The first-order chi connectivity index (χ1) is 12.1. The molecule has 0 aliphatic heterocycles. The molecule has 148 valence electrons. The fraction of sp³-hybridized carbons (Fsp3) is 0.650. The lowest BCUT2D eigenvalue weighted by atomic mass is 9.96. The Kier molecular flexibility index (Phi) is 10.5. The van der Waals surface area contributed by atoms with E-state index >= 15 is 0 Å². The maximum absolute atomic E-state index is 13.5. The molecule has 0 amide bonds. The van der Waals surface area contributed by atoms with Gasteiger partial charge in [-0.25, -0.2) is 4.39 Å². The molecule has 1 saturated carbocycles. The van der Waals surface area contributed by atoms with Gasteiger partial charge in [0, 0.05) is 25.6 Å². The topological polar surface area (TPSA) is 39.7 Å². The molecule has 0 unspecified atom stereocenters. The van der Waals surface area contributed by atoms with Gasteiger partial charge in [-0.05, 0) is 63.0 Å². The van der Waals surface area contributed by atoms with E-state index in [0.717, 1.165) is 63.5 Å². The molecule has 26 heavy (non-hydrogen) atoms. The molecule has 4 nitrogen and oxygen atoms in total. The monoisotopic (exact) mass is 476 g/mol. The summed E-state index contributed by atoms with van der Waals surface area (Å²) in [6.07, 6.45) is 4.53. The van der Waals surface area contributed by atoms with Crippen molar-refractivity contribution in [3.8, 4) is 0 Å². The van der Waals surface area contributed by atoms with Crippen LogP contribution < -0.4 is 10.6 Å². The number of guanidine groups is 1. The van der Waals surface area contributed by atoms with Crippen molar-refractivity contribution in [2.45, 2.75) is 44.9 Å². The van der Waals surface area contributed by atoms with Crippen LogP contribution in [-0.4, -0.2) is 50.6 Å². The minimum absolute atomic E-state index is 0. The van der Waals surface area contributed by atoms with Gasteiger partial charge in [0.15, 0.2) is 5.96 Å². The van der Waals surface area contributed by atoms with Crippen LogP contribution in [0, 0.1) is 5.82 Å². The van der Waals surface area contributed by atoms with Crippen molar-refractivity contribution >= 4 is 29.9 Å². The van der Waals surface area contributed by atoms with Gasteiger partial charge in [-0.2, -0.15) is 0 Å². The normalized spacial score (nSPS) is 15.5. The van der Waals surface area contributed by atoms with Crippen LogP contribution in [0.1, 0.15) is 45.1 Å². The molecule has 6 heteroatoms. The van der Waals surface area contributed by atoms with Crippen LogP contribution in [0.4, 0.5) is 4.39 Å². The summed E-state index contributed by atoms with van der Waals surface area (Å²) in [6.45, 7) is 9.54. The highest BCUT2D eigenvalue weighted by molar-refractivity contribution is 14.0. The highest BCUT2D eigenvalue weighted by Gasteiger charge is 2.44. The van der Waals surface area contributed by atoms with Crippen molar-refractivity contribution in [3.63, 3.8) is 0 Å². The van der Waals surface area contributed by atoms with Crippen LogP contribution in [0.3, 0.4) is 0 Å². The Morgan fingerprint density at radius 2 is 1.92 bits per heavy atom. The molecular weight excluding hydrogens is 442 g/mol. The lowest BCUT2D eigenvalue weighted by Gasteiger charge is -2.20. The zero-order chi connectivity index (χ0) is 18.1. The van der Waals surface area contributed by atoms with Gasteiger partial charge in [-0.15, -0.1) is 24.0 Å². The quantitative estimate of drug-likeness (QED) is 0.234. The van der Waals surface area contributed by atoms with Crippen LogP contribution in [0.25, 0.3) is 0 Å². The van der Waals surface area contributed by atoms with Crippen LogP contribution in [0.15, 0.2) is 29.3 Å². The Morgan fingerprint density at radius 3 is 2.50 bits per heavy atom. The summed E-state index contributed by atoms with van der Waals surface area (Å²) in [5.74, 6) is 0.685. The van der Waals surface area contributed by atoms with Crippen LogP contribution in [-0.2, 0) is 5.41 Å². The summed E-state index contributed by atoms with van der Waals surface area (Å²) in [4.78, 5) is 6.75. The van der Waals surface area contributed by atoms with E-state index in [1.165, 1.54) is 12.5 Å². The predicted octanol–water partition coefficient (Wildman–Crippen LogP) is 3.76. The lowest BCUT2D eigenvalue weighted by Crippen LogP contribution is -2.41. The highest BCUT2D eigenvalue weighted by atomic mass is 127. The first kappa shape index (κ1) is 23.1. The molecular formula is C20H34FIN4. The molecule has 1 aliphatic carbocycles. The number of benzene rings is 1. The number of unbranched alkanes of at least 4 members (excludes halogenated alkanes) is 1. The summed E-state index contributed by atoms with van der Waals surface area (Å²) in [6, 6.07) is 7.00. The average molecular weight is 476 g/mol.